The molecule has 0 amide bonds. The molecule has 3 heterocycles. The third kappa shape index (κ3) is 3.36. The van der Waals surface area contributed by atoms with Gasteiger partial charge in [-0.3, -0.25) is 9.48 Å². The number of benzene rings is 1. The largest absolute Gasteiger partial charge is 0.347 e. The minimum absolute atomic E-state index is 0.158. The Morgan fingerprint density at radius 1 is 1.25 bits per heavy atom. The van der Waals surface area contributed by atoms with Crippen molar-refractivity contribution in [3.8, 4) is 11.3 Å². The second-order valence-corrected chi connectivity index (χ2v) is 7.12. The quantitative estimate of drug-likeness (QED) is 0.548. The van der Waals surface area contributed by atoms with Crippen molar-refractivity contribution in [3.63, 3.8) is 0 Å². The maximum atomic E-state index is 12.5. The van der Waals surface area contributed by atoms with Crippen molar-refractivity contribution in [1.29, 1.82) is 0 Å². The van der Waals surface area contributed by atoms with Crippen LogP contribution >= 0.6 is 11.6 Å². The first kappa shape index (κ1) is 18.2. The van der Waals surface area contributed by atoms with Gasteiger partial charge in [-0.15, -0.1) is 0 Å². The van der Waals surface area contributed by atoms with Crippen LogP contribution in [0.25, 0.3) is 22.2 Å². The number of hydrogen-bond acceptors (Lipinski definition) is 5. The summed E-state index contributed by atoms with van der Waals surface area (Å²) in [6.45, 7) is 3.88. The second kappa shape index (κ2) is 7.09. The Bertz CT molecular complexity index is 1230. The van der Waals surface area contributed by atoms with E-state index in [1.54, 1.807) is 29.2 Å². The monoisotopic (exact) mass is 394 g/mol. The van der Waals surface area contributed by atoms with Gasteiger partial charge in [-0.2, -0.15) is 5.10 Å². The average Bonchev–Trinajstić information content (AvgIpc) is 3.00. The molecule has 4 aromatic rings. The maximum Gasteiger partial charge on any atom is 0.253 e. The summed E-state index contributed by atoms with van der Waals surface area (Å²) >= 11 is 6.08. The highest BCUT2D eigenvalue weighted by molar-refractivity contribution is 6.31. The van der Waals surface area contributed by atoms with E-state index in [4.69, 9.17) is 11.6 Å². The van der Waals surface area contributed by atoms with Crippen molar-refractivity contribution >= 4 is 28.5 Å². The highest BCUT2D eigenvalue weighted by atomic mass is 35.5. The van der Waals surface area contributed by atoms with Crippen molar-refractivity contribution in [1.82, 2.24) is 24.7 Å². The number of halogens is 1. The third-order valence-electron chi connectivity index (χ3n) is 4.81. The van der Waals surface area contributed by atoms with Gasteiger partial charge in [0.05, 0.1) is 17.9 Å². The lowest BCUT2D eigenvalue weighted by Gasteiger charge is -2.14. The summed E-state index contributed by atoms with van der Waals surface area (Å²) in [5.74, 6) is 0.443. The maximum absolute atomic E-state index is 12.5. The number of anilines is 1. The Hall–Kier alpha value is -3.19. The number of aryl methyl sites for hydroxylation is 1. The van der Waals surface area contributed by atoms with Crippen LogP contribution in [0.2, 0.25) is 5.02 Å². The molecule has 7 nitrogen and oxygen atoms in total. The number of aromatic amines is 1. The van der Waals surface area contributed by atoms with E-state index >= 15 is 0 Å². The first-order chi connectivity index (χ1) is 13.4. The molecule has 0 fully saturated rings. The zero-order valence-electron chi connectivity index (χ0n) is 15.7. The molecule has 142 valence electrons. The minimum atomic E-state index is -0.294. The molecule has 1 atom stereocenters. The lowest BCUT2D eigenvalue weighted by molar-refractivity contribution is 0.740. The number of nitrogens with zero attached hydrogens (tertiary/aromatic N) is 4. The summed E-state index contributed by atoms with van der Waals surface area (Å²) in [6, 6.07) is 8.76. The smallest absolute Gasteiger partial charge is 0.253 e. The highest BCUT2D eigenvalue weighted by Crippen LogP contribution is 2.23. The summed E-state index contributed by atoms with van der Waals surface area (Å²) in [6.07, 6.45) is 3.47. The molecule has 0 saturated carbocycles. The SMILES string of the molecule is Cc1c(-c2ccnc(NC(C)c3cc4cc(Cl)ccc4[nH]c3=O)n2)cnn1C. The lowest BCUT2D eigenvalue weighted by Crippen LogP contribution is -2.20. The fraction of sp³-hybridized carbons (Fsp3) is 0.200. The van der Waals surface area contributed by atoms with E-state index in [2.05, 4.69) is 25.4 Å². The van der Waals surface area contributed by atoms with Crippen molar-refractivity contribution in [3.05, 3.63) is 69.4 Å². The number of pyridine rings is 1. The third-order valence-corrected chi connectivity index (χ3v) is 5.05. The van der Waals surface area contributed by atoms with E-state index in [-0.39, 0.29) is 11.6 Å². The van der Waals surface area contributed by atoms with Crippen molar-refractivity contribution in [2.24, 2.45) is 7.05 Å². The molecular formula is C20H19ClN6O. The second-order valence-electron chi connectivity index (χ2n) is 6.68. The highest BCUT2D eigenvalue weighted by Gasteiger charge is 2.14. The Morgan fingerprint density at radius 2 is 2.07 bits per heavy atom. The summed E-state index contributed by atoms with van der Waals surface area (Å²) in [5.41, 5.74) is 3.90. The van der Waals surface area contributed by atoms with E-state index in [9.17, 15) is 4.79 Å². The molecular weight excluding hydrogens is 376 g/mol. The van der Waals surface area contributed by atoms with Gasteiger partial charge in [0.2, 0.25) is 5.95 Å². The fourth-order valence-electron chi connectivity index (χ4n) is 3.12. The van der Waals surface area contributed by atoms with Crippen LogP contribution in [0.5, 0.6) is 0 Å². The van der Waals surface area contributed by atoms with Crippen LogP contribution in [0.3, 0.4) is 0 Å². The molecule has 0 spiro atoms. The van der Waals surface area contributed by atoms with Gasteiger partial charge in [0.25, 0.3) is 5.56 Å². The predicted octanol–water partition coefficient (Wildman–Crippen LogP) is 3.85. The number of rotatable bonds is 4. The Kier molecular flexibility index (Phi) is 4.60. The van der Waals surface area contributed by atoms with Gasteiger partial charge in [0.1, 0.15) is 0 Å². The molecule has 3 aromatic heterocycles. The first-order valence-electron chi connectivity index (χ1n) is 8.83. The molecule has 0 radical (unpaired) electrons. The number of hydrogen-bond donors (Lipinski definition) is 2. The van der Waals surface area contributed by atoms with E-state index in [0.29, 0.717) is 16.5 Å². The number of aromatic nitrogens is 5. The molecule has 28 heavy (non-hydrogen) atoms. The van der Waals surface area contributed by atoms with Crippen LogP contribution in [-0.4, -0.2) is 24.7 Å². The van der Waals surface area contributed by atoms with Gasteiger partial charge >= 0.3 is 0 Å². The molecule has 0 saturated heterocycles. The van der Waals surface area contributed by atoms with Crippen LogP contribution in [0.15, 0.2) is 47.5 Å². The van der Waals surface area contributed by atoms with E-state index in [1.807, 2.05) is 39.1 Å². The molecule has 1 unspecified atom stereocenters. The van der Waals surface area contributed by atoms with Crippen LogP contribution in [0.4, 0.5) is 5.95 Å². The van der Waals surface area contributed by atoms with Gasteiger partial charge in [-0.05, 0) is 44.2 Å². The Balaban J connectivity index is 1.65. The van der Waals surface area contributed by atoms with Crippen molar-refractivity contribution in [2.75, 3.05) is 5.32 Å². The molecule has 0 aliphatic heterocycles. The number of H-pyrrole nitrogens is 1. The van der Waals surface area contributed by atoms with Gasteiger partial charge in [-0.1, -0.05) is 11.6 Å². The minimum Gasteiger partial charge on any atom is -0.347 e. The van der Waals surface area contributed by atoms with Crippen LogP contribution in [-0.2, 0) is 7.05 Å². The zero-order valence-corrected chi connectivity index (χ0v) is 16.4. The summed E-state index contributed by atoms with van der Waals surface area (Å²) in [4.78, 5) is 24.3. The van der Waals surface area contributed by atoms with Gasteiger partial charge < -0.3 is 10.3 Å². The van der Waals surface area contributed by atoms with E-state index in [0.717, 1.165) is 27.9 Å². The molecule has 1 aromatic carbocycles. The summed E-state index contributed by atoms with van der Waals surface area (Å²) in [5, 5.41) is 8.96. The number of nitrogens with one attached hydrogen (secondary N) is 2. The van der Waals surface area contributed by atoms with Crippen LogP contribution in [0.1, 0.15) is 24.2 Å². The normalized spacial score (nSPS) is 12.3. The Morgan fingerprint density at radius 3 is 2.82 bits per heavy atom. The Labute approximate surface area is 166 Å². The zero-order chi connectivity index (χ0) is 19.8. The van der Waals surface area contributed by atoms with Crippen molar-refractivity contribution < 1.29 is 0 Å². The number of fused-ring (bicyclic) bond motifs is 1. The molecule has 4 rings (SSSR count). The molecule has 8 heteroatoms. The van der Waals surface area contributed by atoms with E-state index < -0.39 is 0 Å². The molecule has 0 bridgehead atoms. The van der Waals surface area contributed by atoms with Crippen LogP contribution < -0.4 is 10.9 Å². The molecule has 0 aliphatic rings. The average molecular weight is 395 g/mol. The molecule has 2 N–H and O–H groups in total. The molecule has 0 aliphatic carbocycles. The first-order valence-corrected chi connectivity index (χ1v) is 9.21. The van der Waals surface area contributed by atoms with Gasteiger partial charge in [-0.25, -0.2) is 9.97 Å². The van der Waals surface area contributed by atoms with Gasteiger partial charge in [0, 0.05) is 46.0 Å². The predicted molar refractivity (Wildman–Crippen MR) is 111 cm³/mol. The van der Waals surface area contributed by atoms with Crippen LogP contribution in [0, 0.1) is 6.92 Å². The fourth-order valence-corrected chi connectivity index (χ4v) is 3.30. The van der Waals surface area contributed by atoms with Gasteiger partial charge in [0.15, 0.2) is 0 Å². The summed E-state index contributed by atoms with van der Waals surface area (Å²) < 4.78 is 1.80. The topological polar surface area (TPSA) is 88.5 Å². The van der Waals surface area contributed by atoms with Crippen molar-refractivity contribution in [2.45, 2.75) is 19.9 Å². The standard InChI is InChI=1S/C20H19ClN6O/c1-11(15-9-13-8-14(21)4-5-17(13)25-19(15)28)24-20-22-7-6-18(26-20)16-10-23-27(3)12(16)2/h4-11H,1-3H3,(H,25,28)(H,22,24,26). The summed E-state index contributed by atoms with van der Waals surface area (Å²) in [7, 11) is 1.89. The lowest BCUT2D eigenvalue weighted by atomic mass is 10.1. The van der Waals surface area contributed by atoms with E-state index in [1.165, 1.54) is 0 Å².